The molecule has 1 aromatic carbocycles. The Hall–Kier alpha value is -1.09. The zero-order chi connectivity index (χ0) is 11.8. The molecular formula is C14H18FNO. The lowest BCUT2D eigenvalue weighted by molar-refractivity contribution is 0.189. The fourth-order valence-electron chi connectivity index (χ4n) is 3.12. The number of rotatable bonds is 2. The lowest BCUT2D eigenvalue weighted by Gasteiger charge is -2.19. The van der Waals surface area contributed by atoms with Gasteiger partial charge in [-0.2, -0.15) is 0 Å². The van der Waals surface area contributed by atoms with Gasteiger partial charge in [0.15, 0.2) is 0 Å². The van der Waals surface area contributed by atoms with Crippen molar-refractivity contribution in [2.75, 3.05) is 0 Å². The van der Waals surface area contributed by atoms with Gasteiger partial charge in [0.1, 0.15) is 17.7 Å². The summed E-state index contributed by atoms with van der Waals surface area (Å²) >= 11 is 0. The molecule has 17 heavy (non-hydrogen) atoms. The summed E-state index contributed by atoms with van der Waals surface area (Å²) in [7, 11) is 0. The van der Waals surface area contributed by atoms with Crippen LogP contribution in [-0.2, 0) is 6.42 Å². The average Bonchev–Trinajstić information content (AvgIpc) is 2.85. The number of hydrogen-bond donors (Lipinski definition) is 1. The molecule has 1 aromatic rings. The van der Waals surface area contributed by atoms with Crippen LogP contribution in [0.5, 0.6) is 5.75 Å². The molecule has 1 saturated carbocycles. The Morgan fingerprint density at radius 2 is 2.24 bits per heavy atom. The van der Waals surface area contributed by atoms with Gasteiger partial charge in [0.25, 0.3) is 0 Å². The first-order valence-electron chi connectivity index (χ1n) is 6.43. The molecule has 92 valence electrons. The lowest BCUT2D eigenvalue weighted by atomic mass is 9.94. The molecule has 3 unspecified atom stereocenters. The highest BCUT2D eigenvalue weighted by Crippen LogP contribution is 2.35. The molecule has 3 atom stereocenters. The van der Waals surface area contributed by atoms with Gasteiger partial charge in [-0.05, 0) is 43.4 Å². The minimum atomic E-state index is -0.175. The van der Waals surface area contributed by atoms with E-state index in [1.165, 1.54) is 18.9 Å². The van der Waals surface area contributed by atoms with Crippen molar-refractivity contribution in [1.29, 1.82) is 0 Å². The SMILES string of the molecule is NC1CCCC1CC1Cc2cc(F)ccc2O1. The standard InChI is InChI=1S/C14H18FNO/c15-11-4-5-14-10(6-11)8-12(17-14)7-9-2-1-3-13(9)16/h4-6,9,12-13H,1-3,7-8,16H2. The van der Waals surface area contributed by atoms with Crippen LogP contribution in [0.4, 0.5) is 4.39 Å². The Kier molecular flexibility index (Phi) is 2.79. The van der Waals surface area contributed by atoms with Crippen LogP contribution in [0.25, 0.3) is 0 Å². The molecule has 0 spiro atoms. The van der Waals surface area contributed by atoms with Gasteiger partial charge in [-0.25, -0.2) is 4.39 Å². The number of nitrogens with two attached hydrogens (primary N) is 1. The zero-order valence-electron chi connectivity index (χ0n) is 9.86. The molecule has 1 aliphatic carbocycles. The summed E-state index contributed by atoms with van der Waals surface area (Å²) in [4.78, 5) is 0. The summed E-state index contributed by atoms with van der Waals surface area (Å²) in [5.74, 6) is 1.26. The van der Waals surface area contributed by atoms with E-state index in [4.69, 9.17) is 10.5 Å². The number of halogens is 1. The molecule has 1 aliphatic heterocycles. The number of benzene rings is 1. The van der Waals surface area contributed by atoms with Gasteiger partial charge in [0.2, 0.25) is 0 Å². The molecule has 2 nitrogen and oxygen atoms in total. The Morgan fingerprint density at radius 1 is 1.35 bits per heavy atom. The third-order valence-electron chi connectivity index (χ3n) is 4.05. The number of fused-ring (bicyclic) bond motifs is 1. The topological polar surface area (TPSA) is 35.2 Å². The number of hydrogen-bond acceptors (Lipinski definition) is 2. The molecule has 3 rings (SSSR count). The van der Waals surface area contributed by atoms with Crippen molar-refractivity contribution in [3.05, 3.63) is 29.6 Å². The van der Waals surface area contributed by atoms with E-state index in [2.05, 4.69) is 0 Å². The Balaban J connectivity index is 1.66. The highest BCUT2D eigenvalue weighted by atomic mass is 19.1. The van der Waals surface area contributed by atoms with Gasteiger partial charge in [0.05, 0.1) is 0 Å². The first-order valence-corrected chi connectivity index (χ1v) is 6.43. The molecule has 0 saturated heterocycles. The summed E-state index contributed by atoms with van der Waals surface area (Å²) in [6.07, 6.45) is 5.62. The van der Waals surface area contributed by atoms with E-state index < -0.39 is 0 Å². The largest absolute Gasteiger partial charge is 0.490 e. The smallest absolute Gasteiger partial charge is 0.123 e. The van der Waals surface area contributed by atoms with Gasteiger partial charge in [-0.1, -0.05) is 6.42 Å². The van der Waals surface area contributed by atoms with E-state index in [0.717, 1.165) is 30.6 Å². The third-order valence-corrected chi connectivity index (χ3v) is 4.05. The second-order valence-corrected chi connectivity index (χ2v) is 5.29. The summed E-state index contributed by atoms with van der Waals surface area (Å²) in [6.45, 7) is 0. The molecule has 3 heteroatoms. The Bertz CT molecular complexity index is 421. The molecule has 1 fully saturated rings. The van der Waals surface area contributed by atoms with Crippen molar-refractivity contribution in [1.82, 2.24) is 0 Å². The van der Waals surface area contributed by atoms with E-state index >= 15 is 0 Å². The van der Waals surface area contributed by atoms with Crippen LogP contribution in [0.3, 0.4) is 0 Å². The Morgan fingerprint density at radius 3 is 3.00 bits per heavy atom. The molecule has 0 radical (unpaired) electrons. The van der Waals surface area contributed by atoms with Crippen molar-refractivity contribution in [2.45, 2.75) is 44.2 Å². The van der Waals surface area contributed by atoms with E-state index in [0.29, 0.717) is 12.0 Å². The second-order valence-electron chi connectivity index (χ2n) is 5.29. The Labute approximate surface area is 101 Å². The first kappa shape index (κ1) is 11.0. The van der Waals surface area contributed by atoms with Gasteiger partial charge >= 0.3 is 0 Å². The van der Waals surface area contributed by atoms with Crippen LogP contribution >= 0.6 is 0 Å². The maximum Gasteiger partial charge on any atom is 0.123 e. The molecule has 1 heterocycles. The third kappa shape index (κ3) is 2.16. The first-order chi connectivity index (χ1) is 8.22. The molecule has 2 aliphatic rings. The van der Waals surface area contributed by atoms with Crippen LogP contribution < -0.4 is 10.5 Å². The molecule has 2 N–H and O–H groups in total. The summed E-state index contributed by atoms with van der Waals surface area (Å²) in [5, 5.41) is 0. The molecular weight excluding hydrogens is 217 g/mol. The molecule has 0 bridgehead atoms. The maximum atomic E-state index is 13.1. The van der Waals surface area contributed by atoms with Crippen molar-refractivity contribution < 1.29 is 9.13 Å². The lowest BCUT2D eigenvalue weighted by Crippen LogP contribution is -2.29. The van der Waals surface area contributed by atoms with Gasteiger partial charge in [-0.3, -0.25) is 0 Å². The van der Waals surface area contributed by atoms with Crippen molar-refractivity contribution in [2.24, 2.45) is 11.7 Å². The van der Waals surface area contributed by atoms with Crippen molar-refractivity contribution >= 4 is 0 Å². The quantitative estimate of drug-likeness (QED) is 0.855. The highest BCUT2D eigenvalue weighted by Gasteiger charge is 2.31. The monoisotopic (exact) mass is 235 g/mol. The van der Waals surface area contributed by atoms with Gasteiger partial charge < -0.3 is 10.5 Å². The van der Waals surface area contributed by atoms with Gasteiger partial charge in [-0.15, -0.1) is 0 Å². The van der Waals surface area contributed by atoms with E-state index in [1.807, 2.05) is 0 Å². The highest BCUT2D eigenvalue weighted by molar-refractivity contribution is 5.37. The zero-order valence-corrected chi connectivity index (χ0v) is 9.86. The van der Waals surface area contributed by atoms with E-state index in [-0.39, 0.29) is 11.9 Å². The van der Waals surface area contributed by atoms with Crippen molar-refractivity contribution in [3.63, 3.8) is 0 Å². The number of ether oxygens (including phenoxy) is 1. The predicted molar refractivity (Wildman–Crippen MR) is 64.5 cm³/mol. The van der Waals surface area contributed by atoms with Crippen LogP contribution in [0.2, 0.25) is 0 Å². The van der Waals surface area contributed by atoms with Crippen molar-refractivity contribution in [3.8, 4) is 5.75 Å². The maximum absolute atomic E-state index is 13.1. The normalized spacial score (nSPS) is 31.3. The fourth-order valence-corrected chi connectivity index (χ4v) is 3.12. The average molecular weight is 235 g/mol. The van der Waals surface area contributed by atoms with Crippen LogP contribution in [-0.4, -0.2) is 12.1 Å². The molecule has 0 aromatic heterocycles. The van der Waals surface area contributed by atoms with Gasteiger partial charge in [0, 0.05) is 18.0 Å². The summed E-state index contributed by atoms with van der Waals surface area (Å²) in [6, 6.07) is 5.12. The summed E-state index contributed by atoms with van der Waals surface area (Å²) < 4.78 is 18.9. The predicted octanol–water partition coefficient (Wildman–Crippen LogP) is 2.65. The minimum absolute atomic E-state index is 0.175. The molecule has 0 amide bonds. The summed E-state index contributed by atoms with van der Waals surface area (Å²) in [5.41, 5.74) is 7.07. The van der Waals surface area contributed by atoms with E-state index in [1.54, 1.807) is 12.1 Å². The minimum Gasteiger partial charge on any atom is -0.490 e. The van der Waals surface area contributed by atoms with Crippen LogP contribution in [0, 0.1) is 11.7 Å². The van der Waals surface area contributed by atoms with Crippen LogP contribution in [0.15, 0.2) is 18.2 Å². The second kappa shape index (κ2) is 4.30. The fraction of sp³-hybridized carbons (Fsp3) is 0.571. The van der Waals surface area contributed by atoms with E-state index in [9.17, 15) is 4.39 Å². The van der Waals surface area contributed by atoms with Crippen LogP contribution in [0.1, 0.15) is 31.2 Å².